The normalized spacial score (nSPS) is 19.2. The molecule has 1 amide bonds. The van der Waals surface area contributed by atoms with E-state index in [1.165, 1.54) is 12.1 Å². The van der Waals surface area contributed by atoms with Crippen molar-refractivity contribution in [3.05, 3.63) is 35.1 Å². The number of nitrogens with one attached hydrogen (secondary N) is 1. The summed E-state index contributed by atoms with van der Waals surface area (Å²) in [6.45, 7) is 0.832. The molecule has 1 aromatic carbocycles. The molecule has 2 N–H and O–H groups in total. The molecule has 2 rings (SSSR count). The van der Waals surface area contributed by atoms with E-state index in [2.05, 4.69) is 5.32 Å². The maximum Gasteiger partial charge on any atom is 0.335 e. The average Bonchev–Trinajstić information content (AvgIpc) is 2.41. The number of carboxylic acids is 1. The number of amides is 1. The van der Waals surface area contributed by atoms with Crippen LogP contribution in [0.5, 0.6) is 0 Å². The molecule has 1 atom stereocenters. The Morgan fingerprint density at radius 2 is 2.30 bits per heavy atom. The van der Waals surface area contributed by atoms with Crippen LogP contribution < -0.4 is 5.32 Å². The lowest BCUT2D eigenvalue weighted by Crippen LogP contribution is -2.46. The van der Waals surface area contributed by atoms with Gasteiger partial charge in [0.1, 0.15) is 5.82 Å². The number of carbonyl (C=O) groups excluding carboxylic acids is 1. The van der Waals surface area contributed by atoms with Gasteiger partial charge >= 0.3 is 5.97 Å². The minimum atomic E-state index is -1.07. The van der Waals surface area contributed by atoms with E-state index in [1.54, 1.807) is 11.9 Å². The Balaban J connectivity index is 1.98. The van der Waals surface area contributed by atoms with Crippen LogP contribution in [0.15, 0.2) is 18.2 Å². The van der Waals surface area contributed by atoms with Gasteiger partial charge in [-0.2, -0.15) is 0 Å². The Kier molecular flexibility index (Phi) is 4.34. The number of halogens is 1. The lowest BCUT2D eigenvalue weighted by molar-refractivity contribution is -0.132. The number of carbonyl (C=O) groups is 2. The fraction of sp³-hybridized carbons (Fsp3) is 0.429. The van der Waals surface area contributed by atoms with Crippen LogP contribution in [0, 0.1) is 5.82 Å². The van der Waals surface area contributed by atoms with Crippen LogP contribution in [0.4, 0.5) is 4.39 Å². The number of hydrogen-bond acceptors (Lipinski definition) is 3. The van der Waals surface area contributed by atoms with Gasteiger partial charge in [0, 0.05) is 38.2 Å². The molecule has 1 aromatic rings. The van der Waals surface area contributed by atoms with Crippen molar-refractivity contribution in [3.63, 3.8) is 0 Å². The van der Waals surface area contributed by atoms with Crippen molar-refractivity contribution in [1.29, 1.82) is 0 Å². The highest BCUT2D eigenvalue weighted by Gasteiger charge is 2.22. The number of piperidine rings is 1. The molecule has 1 unspecified atom stereocenters. The lowest BCUT2D eigenvalue weighted by Gasteiger charge is -2.30. The number of aromatic carboxylic acids is 1. The topological polar surface area (TPSA) is 69.6 Å². The molecular formula is C14H17FN2O3. The predicted octanol–water partition coefficient (Wildman–Crippen LogP) is 1.23. The molecule has 0 spiro atoms. The van der Waals surface area contributed by atoms with E-state index in [4.69, 9.17) is 5.11 Å². The van der Waals surface area contributed by atoms with Gasteiger partial charge in [-0.25, -0.2) is 9.18 Å². The second kappa shape index (κ2) is 6.00. The van der Waals surface area contributed by atoms with Gasteiger partial charge in [0.2, 0.25) is 5.91 Å². The van der Waals surface area contributed by atoms with E-state index < -0.39 is 11.8 Å². The van der Waals surface area contributed by atoms with E-state index in [-0.39, 0.29) is 24.1 Å². The second-order valence-electron chi connectivity index (χ2n) is 5.00. The Bertz CT molecular complexity index is 533. The zero-order valence-corrected chi connectivity index (χ0v) is 11.2. The molecule has 0 saturated carbocycles. The molecular weight excluding hydrogens is 263 g/mol. The number of likely N-dealkylation sites (tertiary alicyclic amines) is 1. The van der Waals surface area contributed by atoms with Gasteiger partial charge in [-0.05, 0) is 24.6 Å². The number of rotatable bonds is 4. The standard InChI is InChI=1S/C14H17FN2O3/c1-17-8-11(3-5-13(17)18)16-7-10-6-9(14(19)20)2-4-12(10)15/h2,4,6,11,16H,3,5,7-8H2,1H3,(H,19,20). The van der Waals surface area contributed by atoms with E-state index in [0.29, 0.717) is 24.9 Å². The highest BCUT2D eigenvalue weighted by atomic mass is 19.1. The molecule has 1 aliphatic rings. The monoisotopic (exact) mass is 280 g/mol. The first kappa shape index (κ1) is 14.5. The number of benzene rings is 1. The van der Waals surface area contributed by atoms with Crippen LogP contribution in [0.3, 0.4) is 0 Å². The molecule has 1 fully saturated rings. The molecule has 1 heterocycles. The van der Waals surface area contributed by atoms with E-state index in [0.717, 1.165) is 6.07 Å². The summed E-state index contributed by atoms with van der Waals surface area (Å²) < 4.78 is 13.6. The highest BCUT2D eigenvalue weighted by Crippen LogP contribution is 2.13. The Morgan fingerprint density at radius 3 is 2.95 bits per heavy atom. The minimum absolute atomic E-state index is 0.0686. The number of carboxylic acid groups (broad SMARTS) is 1. The van der Waals surface area contributed by atoms with Crippen LogP contribution in [0.1, 0.15) is 28.8 Å². The summed E-state index contributed by atoms with van der Waals surface area (Å²) in [4.78, 5) is 23.9. The molecule has 6 heteroatoms. The molecule has 0 bridgehead atoms. The maximum atomic E-state index is 13.6. The molecule has 20 heavy (non-hydrogen) atoms. The minimum Gasteiger partial charge on any atom is -0.478 e. The first-order valence-corrected chi connectivity index (χ1v) is 6.46. The molecule has 1 aliphatic heterocycles. The fourth-order valence-corrected chi connectivity index (χ4v) is 2.28. The summed E-state index contributed by atoms with van der Waals surface area (Å²) in [6, 6.07) is 3.85. The SMILES string of the molecule is CN1CC(NCc2cc(C(=O)O)ccc2F)CCC1=O. The molecule has 0 radical (unpaired) electrons. The molecule has 5 nitrogen and oxygen atoms in total. The molecule has 108 valence electrons. The third-order valence-electron chi connectivity index (χ3n) is 3.50. The van der Waals surface area contributed by atoms with Crippen LogP contribution in [0.2, 0.25) is 0 Å². The van der Waals surface area contributed by atoms with Crippen molar-refractivity contribution in [2.75, 3.05) is 13.6 Å². The molecule has 1 saturated heterocycles. The van der Waals surface area contributed by atoms with Gasteiger partial charge < -0.3 is 15.3 Å². The maximum absolute atomic E-state index is 13.6. The van der Waals surface area contributed by atoms with Gasteiger partial charge in [0.05, 0.1) is 5.56 Å². The van der Waals surface area contributed by atoms with Crippen molar-refractivity contribution >= 4 is 11.9 Å². The van der Waals surface area contributed by atoms with Crippen LogP contribution >= 0.6 is 0 Å². The van der Waals surface area contributed by atoms with Crippen molar-refractivity contribution in [2.24, 2.45) is 0 Å². The Hall–Kier alpha value is -1.95. The first-order chi connectivity index (χ1) is 9.47. The van der Waals surface area contributed by atoms with Crippen LogP contribution in [-0.2, 0) is 11.3 Å². The second-order valence-corrected chi connectivity index (χ2v) is 5.00. The third-order valence-corrected chi connectivity index (χ3v) is 3.50. The van der Waals surface area contributed by atoms with Crippen LogP contribution in [-0.4, -0.2) is 41.5 Å². The van der Waals surface area contributed by atoms with Crippen molar-refractivity contribution in [1.82, 2.24) is 10.2 Å². The summed E-state index contributed by atoms with van der Waals surface area (Å²) in [7, 11) is 1.74. The first-order valence-electron chi connectivity index (χ1n) is 6.46. The van der Waals surface area contributed by atoms with Crippen molar-refractivity contribution in [3.8, 4) is 0 Å². The number of likely N-dealkylation sites (N-methyl/N-ethyl adjacent to an activating group) is 1. The predicted molar refractivity (Wildman–Crippen MR) is 70.9 cm³/mol. The summed E-state index contributed by atoms with van der Waals surface area (Å²) >= 11 is 0. The largest absolute Gasteiger partial charge is 0.478 e. The Morgan fingerprint density at radius 1 is 1.55 bits per heavy atom. The average molecular weight is 280 g/mol. The molecule has 0 aromatic heterocycles. The summed E-state index contributed by atoms with van der Waals surface area (Å²) in [5, 5.41) is 12.1. The van der Waals surface area contributed by atoms with Gasteiger partial charge in [0.25, 0.3) is 0 Å². The summed E-state index contributed by atoms with van der Waals surface area (Å²) in [6.07, 6.45) is 1.19. The van der Waals surface area contributed by atoms with Gasteiger partial charge in [0.15, 0.2) is 0 Å². The highest BCUT2D eigenvalue weighted by molar-refractivity contribution is 5.87. The van der Waals surface area contributed by atoms with Gasteiger partial charge in [-0.3, -0.25) is 4.79 Å². The van der Waals surface area contributed by atoms with Gasteiger partial charge in [-0.1, -0.05) is 0 Å². The van der Waals surface area contributed by atoms with E-state index in [9.17, 15) is 14.0 Å². The Labute approximate surface area is 116 Å². The fourth-order valence-electron chi connectivity index (χ4n) is 2.28. The summed E-state index contributed by atoms with van der Waals surface area (Å²) in [5.74, 6) is -1.39. The lowest BCUT2D eigenvalue weighted by atomic mass is 10.0. The van der Waals surface area contributed by atoms with Gasteiger partial charge in [-0.15, -0.1) is 0 Å². The van der Waals surface area contributed by atoms with Crippen LogP contribution in [0.25, 0.3) is 0 Å². The van der Waals surface area contributed by atoms with E-state index >= 15 is 0 Å². The smallest absolute Gasteiger partial charge is 0.335 e. The number of nitrogens with zero attached hydrogens (tertiary/aromatic N) is 1. The van der Waals surface area contributed by atoms with Crippen molar-refractivity contribution < 1.29 is 19.1 Å². The third kappa shape index (κ3) is 3.33. The quantitative estimate of drug-likeness (QED) is 0.870. The molecule has 0 aliphatic carbocycles. The van der Waals surface area contributed by atoms with Crippen molar-refractivity contribution in [2.45, 2.75) is 25.4 Å². The zero-order chi connectivity index (χ0) is 14.7. The summed E-state index contributed by atoms with van der Waals surface area (Å²) in [5.41, 5.74) is 0.392. The number of hydrogen-bond donors (Lipinski definition) is 2. The van der Waals surface area contributed by atoms with E-state index in [1.807, 2.05) is 0 Å². The zero-order valence-electron chi connectivity index (χ0n) is 11.2.